The molecule has 1 N–H and O–H groups in total. The van der Waals surface area contributed by atoms with E-state index in [1.807, 2.05) is 0 Å². The van der Waals surface area contributed by atoms with Crippen LogP contribution in [-0.2, 0) is 4.79 Å². The Morgan fingerprint density at radius 2 is 1.69 bits per heavy atom. The highest BCUT2D eigenvalue weighted by molar-refractivity contribution is 5.73. The maximum Gasteiger partial charge on any atom is 0.219 e. The molecule has 0 unspecified atom stereocenters. The number of β-amino-alcohol motifs (C(OH)–C–C–N with tert-alkyl or cyclic N) is 1. The number of piperidine rings is 2. The molecule has 0 spiro atoms. The molecule has 160 valence electrons. The number of anilines is 1. The summed E-state index contributed by atoms with van der Waals surface area (Å²) >= 11 is 0. The molecule has 5 heteroatoms. The monoisotopic (exact) mass is 399 g/mol. The first-order valence-corrected chi connectivity index (χ1v) is 11.5. The Bertz CT molecular complexity index is 697. The zero-order chi connectivity index (χ0) is 20.4. The van der Waals surface area contributed by atoms with E-state index in [4.69, 9.17) is 0 Å². The van der Waals surface area contributed by atoms with Gasteiger partial charge in [0.05, 0.1) is 5.60 Å². The van der Waals surface area contributed by atoms with Crippen LogP contribution in [0.15, 0.2) is 24.3 Å². The van der Waals surface area contributed by atoms with Gasteiger partial charge < -0.3 is 14.9 Å². The number of aliphatic hydroxyl groups is 1. The van der Waals surface area contributed by atoms with E-state index in [-0.39, 0.29) is 5.91 Å². The highest BCUT2D eigenvalue weighted by Gasteiger charge is 2.41. The normalized spacial score (nSPS) is 28.0. The molecule has 0 radical (unpaired) electrons. The minimum Gasteiger partial charge on any atom is -0.388 e. The SMILES string of the molecule is CC(=O)N1CCCC[C@@H]2[C@H]1CCCN2CC1(O)CCN(c2ccc(C)cc2)CC1. The first kappa shape index (κ1) is 20.7. The standard InChI is InChI=1S/C24H37N3O2/c1-19-8-10-21(11-9-19)25-16-12-24(29,13-17-25)18-26-14-5-7-23-22(26)6-3-4-15-27(23)20(2)28/h8-11,22-23,29H,3-7,12-18H2,1-2H3/t22-,23-/m1/s1. The summed E-state index contributed by atoms with van der Waals surface area (Å²) in [5, 5.41) is 11.4. The first-order chi connectivity index (χ1) is 14.0. The second kappa shape index (κ2) is 8.65. The van der Waals surface area contributed by atoms with Crippen molar-refractivity contribution in [2.45, 2.75) is 76.5 Å². The molecule has 3 aliphatic rings. The summed E-state index contributed by atoms with van der Waals surface area (Å²) in [5.74, 6) is 0.217. The topological polar surface area (TPSA) is 47.0 Å². The van der Waals surface area contributed by atoms with Gasteiger partial charge in [-0.3, -0.25) is 9.69 Å². The first-order valence-electron chi connectivity index (χ1n) is 11.5. The third-order valence-electron chi connectivity index (χ3n) is 7.40. The average molecular weight is 400 g/mol. The number of carbonyl (C=O) groups excluding carboxylic acids is 1. The molecular weight excluding hydrogens is 362 g/mol. The van der Waals surface area contributed by atoms with Crippen LogP contribution in [0.2, 0.25) is 0 Å². The molecule has 0 aromatic heterocycles. The Hall–Kier alpha value is -1.59. The molecule has 2 atom stereocenters. The predicted octanol–water partition coefficient (Wildman–Crippen LogP) is 3.19. The van der Waals surface area contributed by atoms with Gasteiger partial charge in [0.15, 0.2) is 0 Å². The molecule has 5 nitrogen and oxygen atoms in total. The highest BCUT2D eigenvalue weighted by Crippen LogP contribution is 2.33. The van der Waals surface area contributed by atoms with Gasteiger partial charge in [-0.05, 0) is 64.1 Å². The van der Waals surface area contributed by atoms with E-state index in [1.54, 1.807) is 6.92 Å². The van der Waals surface area contributed by atoms with Crippen molar-refractivity contribution in [3.63, 3.8) is 0 Å². The van der Waals surface area contributed by atoms with Crippen molar-refractivity contribution in [3.05, 3.63) is 29.8 Å². The summed E-state index contributed by atoms with van der Waals surface area (Å²) < 4.78 is 0. The number of fused-ring (bicyclic) bond motifs is 1. The summed E-state index contributed by atoms with van der Waals surface area (Å²) in [6.07, 6.45) is 7.30. The van der Waals surface area contributed by atoms with Crippen LogP contribution in [0, 0.1) is 6.92 Å². The molecule has 0 saturated carbocycles. The zero-order valence-corrected chi connectivity index (χ0v) is 18.1. The molecule has 3 heterocycles. The van der Waals surface area contributed by atoms with Crippen molar-refractivity contribution < 1.29 is 9.90 Å². The molecule has 1 aromatic rings. The summed E-state index contributed by atoms with van der Waals surface area (Å²) in [6.45, 7) is 8.35. The van der Waals surface area contributed by atoms with Gasteiger partial charge in [-0.2, -0.15) is 0 Å². The number of carbonyl (C=O) groups is 1. The Labute approximate surface area is 175 Å². The van der Waals surface area contributed by atoms with Gasteiger partial charge in [0.25, 0.3) is 0 Å². The number of hydrogen-bond donors (Lipinski definition) is 1. The summed E-state index contributed by atoms with van der Waals surface area (Å²) in [5.41, 5.74) is 1.93. The van der Waals surface area contributed by atoms with Crippen LogP contribution in [0.3, 0.4) is 0 Å². The average Bonchev–Trinajstić information content (AvgIpc) is 2.93. The van der Waals surface area contributed by atoms with Gasteiger partial charge >= 0.3 is 0 Å². The summed E-state index contributed by atoms with van der Waals surface area (Å²) in [7, 11) is 0. The predicted molar refractivity (Wildman–Crippen MR) is 117 cm³/mol. The van der Waals surface area contributed by atoms with Crippen LogP contribution in [0.4, 0.5) is 5.69 Å². The molecule has 4 rings (SSSR count). The van der Waals surface area contributed by atoms with Crippen LogP contribution in [-0.4, -0.2) is 71.2 Å². The maximum absolute atomic E-state index is 12.2. The van der Waals surface area contributed by atoms with Crippen LogP contribution in [0.25, 0.3) is 0 Å². The fraction of sp³-hybridized carbons (Fsp3) is 0.708. The Balaban J connectivity index is 1.40. The van der Waals surface area contributed by atoms with E-state index in [0.717, 1.165) is 71.2 Å². The van der Waals surface area contributed by atoms with Gasteiger partial charge in [0, 0.05) is 50.9 Å². The van der Waals surface area contributed by atoms with Crippen molar-refractivity contribution in [1.29, 1.82) is 0 Å². The molecule has 29 heavy (non-hydrogen) atoms. The number of hydrogen-bond acceptors (Lipinski definition) is 4. The summed E-state index contributed by atoms with van der Waals surface area (Å²) in [4.78, 5) is 19.3. The van der Waals surface area contributed by atoms with E-state index < -0.39 is 5.60 Å². The van der Waals surface area contributed by atoms with E-state index >= 15 is 0 Å². The van der Waals surface area contributed by atoms with Crippen molar-refractivity contribution >= 4 is 11.6 Å². The van der Waals surface area contributed by atoms with Gasteiger partial charge in [-0.15, -0.1) is 0 Å². The fourth-order valence-electron chi connectivity index (χ4n) is 5.71. The second-order valence-corrected chi connectivity index (χ2v) is 9.50. The Kier molecular flexibility index (Phi) is 6.16. The van der Waals surface area contributed by atoms with Gasteiger partial charge in [0.2, 0.25) is 5.91 Å². The maximum atomic E-state index is 12.2. The fourth-order valence-corrected chi connectivity index (χ4v) is 5.71. The number of rotatable bonds is 3. The minimum atomic E-state index is -0.615. The third kappa shape index (κ3) is 4.61. The number of likely N-dealkylation sites (tertiary alicyclic amines) is 2. The zero-order valence-electron chi connectivity index (χ0n) is 18.1. The molecular formula is C24H37N3O2. The molecule has 3 saturated heterocycles. The lowest BCUT2D eigenvalue weighted by Crippen LogP contribution is -2.60. The van der Waals surface area contributed by atoms with E-state index in [9.17, 15) is 9.90 Å². The quantitative estimate of drug-likeness (QED) is 0.848. The Morgan fingerprint density at radius 3 is 2.38 bits per heavy atom. The smallest absolute Gasteiger partial charge is 0.219 e. The van der Waals surface area contributed by atoms with Gasteiger partial charge in [-0.25, -0.2) is 0 Å². The number of amides is 1. The number of nitrogens with zero attached hydrogens (tertiary/aromatic N) is 3. The third-order valence-corrected chi connectivity index (χ3v) is 7.40. The van der Waals surface area contributed by atoms with Crippen LogP contribution >= 0.6 is 0 Å². The summed E-state index contributed by atoms with van der Waals surface area (Å²) in [6, 6.07) is 9.45. The van der Waals surface area contributed by atoms with Crippen LogP contribution in [0.1, 0.15) is 57.4 Å². The van der Waals surface area contributed by atoms with Crippen LogP contribution < -0.4 is 4.90 Å². The van der Waals surface area contributed by atoms with Gasteiger partial charge in [0.1, 0.15) is 0 Å². The lowest BCUT2D eigenvalue weighted by molar-refractivity contribution is -0.134. The molecule has 0 bridgehead atoms. The Morgan fingerprint density at radius 1 is 1.00 bits per heavy atom. The molecule has 1 aromatic carbocycles. The van der Waals surface area contributed by atoms with Crippen molar-refractivity contribution in [3.8, 4) is 0 Å². The molecule has 1 amide bonds. The van der Waals surface area contributed by atoms with E-state index in [0.29, 0.717) is 12.1 Å². The molecule has 3 fully saturated rings. The van der Waals surface area contributed by atoms with E-state index in [2.05, 4.69) is 45.9 Å². The molecule has 0 aliphatic carbocycles. The number of benzene rings is 1. The van der Waals surface area contributed by atoms with E-state index in [1.165, 1.54) is 17.7 Å². The van der Waals surface area contributed by atoms with Crippen molar-refractivity contribution in [2.75, 3.05) is 37.6 Å². The lowest BCUT2D eigenvalue weighted by atomic mass is 9.86. The largest absolute Gasteiger partial charge is 0.388 e. The van der Waals surface area contributed by atoms with Crippen LogP contribution in [0.5, 0.6) is 0 Å². The number of aryl methyl sites for hydroxylation is 1. The lowest BCUT2D eigenvalue weighted by Gasteiger charge is -2.48. The second-order valence-electron chi connectivity index (χ2n) is 9.50. The minimum absolute atomic E-state index is 0.217. The van der Waals surface area contributed by atoms with Crippen molar-refractivity contribution in [1.82, 2.24) is 9.80 Å². The highest BCUT2D eigenvalue weighted by atomic mass is 16.3. The van der Waals surface area contributed by atoms with Crippen molar-refractivity contribution in [2.24, 2.45) is 0 Å². The molecule has 3 aliphatic heterocycles. The van der Waals surface area contributed by atoms with Gasteiger partial charge in [-0.1, -0.05) is 24.1 Å².